The third kappa shape index (κ3) is 3.16. The average Bonchev–Trinajstić information content (AvgIpc) is 2.81. The first-order valence-electron chi connectivity index (χ1n) is 5.51. The molecule has 0 amide bonds. The highest BCUT2D eigenvalue weighted by Crippen LogP contribution is 2.38. The van der Waals surface area contributed by atoms with Crippen molar-refractivity contribution >= 4 is 56.4 Å². The van der Waals surface area contributed by atoms with Crippen LogP contribution in [0.4, 0.5) is 5.69 Å². The molecule has 0 spiro atoms. The SMILES string of the molecule is O=C(O)C1CSCCN1S(=O)(=O)c1cc([N+](=O)[O-])c(Cl)s1. The highest BCUT2D eigenvalue weighted by atomic mass is 35.5. The van der Waals surface area contributed by atoms with Crippen molar-refractivity contribution in [3.63, 3.8) is 0 Å². The van der Waals surface area contributed by atoms with Gasteiger partial charge in [0.2, 0.25) is 0 Å². The van der Waals surface area contributed by atoms with Crippen LogP contribution >= 0.6 is 34.7 Å². The number of carbonyl (C=O) groups is 1. The molecule has 1 aromatic rings. The Bertz CT molecular complexity index is 688. The summed E-state index contributed by atoms with van der Waals surface area (Å²) >= 11 is 7.55. The van der Waals surface area contributed by atoms with Crippen LogP contribution in [0.5, 0.6) is 0 Å². The second kappa shape index (κ2) is 6.08. The highest BCUT2D eigenvalue weighted by molar-refractivity contribution is 7.99. The smallest absolute Gasteiger partial charge is 0.322 e. The van der Waals surface area contributed by atoms with Crippen LogP contribution in [0.1, 0.15) is 0 Å². The molecule has 0 bridgehead atoms. The van der Waals surface area contributed by atoms with Gasteiger partial charge in [-0.05, 0) is 0 Å². The fraction of sp³-hybridized carbons (Fsp3) is 0.444. The number of aliphatic carboxylic acids is 1. The van der Waals surface area contributed by atoms with Gasteiger partial charge in [0.05, 0.1) is 4.92 Å². The molecule has 1 saturated heterocycles. The van der Waals surface area contributed by atoms with Crippen LogP contribution < -0.4 is 0 Å². The number of nitrogens with zero attached hydrogens (tertiary/aromatic N) is 2. The van der Waals surface area contributed by atoms with Crippen LogP contribution in [-0.4, -0.2) is 52.8 Å². The Kier molecular flexibility index (Phi) is 4.78. The van der Waals surface area contributed by atoms with E-state index in [0.717, 1.165) is 10.4 Å². The summed E-state index contributed by atoms with van der Waals surface area (Å²) in [7, 11) is -4.12. The molecule has 2 rings (SSSR count). The summed E-state index contributed by atoms with van der Waals surface area (Å²) in [4.78, 5) is 21.1. The Morgan fingerprint density at radius 1 is 1.57 bits per heavy atom. The molecule has 116 valence electrons. The second-order valence-corrected chi connectivity index (χ2v) is 8.95. The first-order valence-corrected chi connectivity index (χ1v) is 9.30. The maximum atomic E-state index is 12.5. The lowest BCUT2D eigenvalue weighted by Crippen LogP contribution is -2.49. The number of hydrogen-bond donors (Lipinski definition) is 1. The Morgan fingerprint density at radius 2 is 2.24 bits per heavy atom. The molecule has 21 heavy (non-hydrogen) atoms. The van der Waals surface area contributed by atoms with Gasteiger partial charge in [0.25, 0.3) is 15.7 Å². The molecule has 1 atom stereocenters. The molecule has 1 aromatic heterocycles. The number of halogens is 1. The minimum Gasteiger partial charge on any atom is -0.480 e. The van der Waals surface area contributed by atoms with Crippen LogP contribution in [0.2, 0.25) is 4.34 Å². The van der Waals surface area contributed by atoms with Crippen LogP contribution in [0.25, 0.3) is 0 Å². The van der Waals surface area contributed by atoms with E-state index in [4.69, 9.17) is 16.7 Å². The third-order valence-corrected chi connectivity index (χ3v) is 7.49. The molecule has 1 aliphatic rings. The Morgan fingerprint density at radius 3 is 2.76 bits per heavy atom. The van der Waals surface area contributed by atoms with E-state index >= 15 is 0 Å². The first-order chi connectivity index (χ1) is 9.75. The van der Waals surface area contributed by atoms with Gasteiger partial charge in [-0.25, -0.2) is 8.42 Å². The van der Waals surface area contributed by atoms with Crippen LogP contribution in [-0.2, 0) is 14.8 Å². The van der Waals surface area contributed by atoms with Gasteiger partial charge in [-0.3, -0.25) is 14.9 Å². The Hall–Kier alpha value is -0.880. The van der Waals surface area contributed by atoms with Gasteiger partial charge in [-0.2, -0.15) is 16.1 Å². The summed E-state index contributed by atoms with van der Waals surface area (Å²) in [5.41, 5.74) is -0.501. The number of hydrogen-bond acceptors (Lipinski definition) is 7. The van der Waals surface area contributed by atoms with Gasteiger partial charge in [-0.1, -0.05) is 11.6 Å². The summed E-state index contributed by atoms with van der Waals surface area (Å²) in [6.45, 7) is 0.0350. The predicted octanol–water partition coefficient (Wildman–Crippen LogP) is 1.50. The zero-order valence-corrected chi connectivity index (χ0v) is 13.5. The summed E-state index contributed by atoms with van der Waals surface area (Å²) < 4.78 is 25.2. The van der Waals surface area contributed by atoms with Gasteiger partial charge >= 0.3 is 5.97 Å². The molecule has 0 aromatic carbocycles. The molecule has 1 unspecified atom stereocenters. The fourth-order valence-electron chi connectivity index (χ4n) is 1.78. The lowest BCUT2D eigenvalue weighted by molar-refractivity contribution is -0.384. The lowest BCUT2D eigenvalue weighted by atomic mass is 10.3. The van der Waals surface area contributed by atoms with Crippen LogP contribution in [0.15, 0.2) is 10.3 Å². The van der Waals surface area contributed by atoms with E-state index in [-0.39, 0.29) is 20.8 Å². The number of carboxylic acid groups (broad SMARTS) is 1. The molecule has 8 nitrogen and oxygen atoms in total. The van der Waals surface area contributed by atoms with E-state index < -0.39 is 32.6 Å². The van der Waals surface area contributed by atoms with Crippen molar-refractivity contribution in [2.45, 2.75) is 10.3 Å². The van der Waals surface area contributed by atoms with E-state index in [0.29, 0.717) is 17.1 Å². The summed E-state index contributed by atoms with van der Waals surface area (Å²) in [5.74, 6) is -0.650. The Balaban J connectivity index is 2.43. The molecule has 1 aliphatic heterocycles. The zero-order chi connectivity index (χ0) is 15.8. The van der Waals surface area contributed by atoms with E-state index in [9.17, 15) is 23.3 Å². The first kappa shape index (κ1) is 16.5. The van der Waals surface area contributed by atoms with E-state index in [1.165, 1.54) is 11.8 Å². The van der Waals surface area contributed by atoms with Crippen molar-refractivity contribution < 1.29 is 23.2 Å². The number of nitro groups is 1. The number of rotatable bonds is 4. The minimum atomic E-state index is -4.12. The van der Waals surface area contributed by atoms with E-state index in [1.54, 1.807) is 0 Å². The molecule has 0 aliphatic carbocycles. The van der Waals surface area contributed by atoms with Gasteiger partial charge < -0.3 is 5.11 Å². The number of sulfonamides is 1. The molecule has 1 fully saturated rings. The van der Waals surface area contributed by atoms with Crippen LogP contribution in [0, 0.1) is 10.1 Å². The average molecular weight is 373 g/mol. The van der Waals surface area contributed by atoms with E-state index in [1.807, 2.05) is 0 Å². The summed E-state index contributed by atoms with van der Waals surface area (Å²) in [5, 5.41) is 19.8. The maximum Gasteiger partial charge on any atom is 0.322 e. The monoisotopic (exact) mass is 372 g/mol. The minimum absolute atomic E-state index is 0.0350. The van der Waals surface area contributed by atoms with Gasteiger partial charge in [0.15, 0.2) is 4.34 Å². The second-order valence-electron chi connectivity index (χ2n) is 4.03. The van der Waals surface area contributed by atoms with Crippen molar-refractivity contribution in [1.82, 2.24) is 4.31 Å². The third-order valence-electron chi connectivity index (χ3n) is 2.77. The molecule has 1 N–H and O–H groups in total. The predicted molar refractivity (Wildman–Crippen MR) is 78.6 cm³/mol. The molecule has 2 heterocycles. The standard InChI is InChI=1S/C9H9ClN2O6S3/c10-8-5(12(15)16)3-7(20-8)21(17,18)11-1-2-19-4-6(11)9(13)14/h3,6H,1-2,4H2,(H,13,14). The normalized spacial score (nSPS) is 20.3. The zero-order valence-electron chi connectivity index (χ0n) is 10.3. The molecular weight excluding hydrogens is 364 g/mol. The lowest BCUT2D eigenvalue weighted by Gasteiger charge is -2.30. The number of thiophene rings is 1. The molecular formula is C9H9ClN2O6S3. The summed E-state index contributed by atoms with van der Waals surface area (Å²) in [6, 6.07) is -0.322. The molecule has 0 radical (unpaired) electrons. The largest absolute Gasteiger partial charge is 0.480 e. The van der Waals surface area contributed by atoms with Gasteiger partial charge in [0.1, 0.15) is 10.3 Å². The molecule has 0 saturated carbocycles. The highest BCUT2D eigenvalue weighted by Gasteiger charge is 2.40. The van der Waals surface area contributed by atoms with E-state index in [2.05, 4.69) is 0 Å². The quantitative estimate of drug-likeness (QED) is 0.628. The van der Waals surface area contributed by atoms with Crippen molar-refractivity contribution in [3.8, 4) is 0 Å². The topological polar surface area (TPSA) is 118 Å². The van der Waals surface area contributed by atoms with Crippen molar-refractivity contribution in [1.29, 1.82) is 0 Å². The number of carboxylic acids is 1. The van der Waals surface area contributed by atoms with Gasteiger partial charge in [-0.15, -0.1) is 11.3 Å². The molecule has 12 heteroatoms. The van der Waals surface area contributed by atoms with Gasteiger partial charge in [0, 0.05) is 24.1 Å². The Labute approximate surface area is 132 Å². The van der Waals surface area contributed by atoms with Crippen LogP contribution in [0.3, 0.4) is 0 Å². The van der Waals surface area contributed by atoms with Crippen molar-refractivity contribution in [3.05, 3.63) is 20.5 Å². The van der Waals surface area contributed by atoms with Crippen molar-refractivity contribution in [2.75, 3.05) is 18.1 Å². The summed E-state index contributed by atoms with van der Waals surface area (Å²) in [6.07, 6.45) is 0. The fourth-order valence-corrected chi connectivity index (χ4v) is 6.40. The number of thioether (sulfide) groups is 1. The van der Waals surface area contributed by atoms with Crippen molar-refractivity contribution in [2.24, 2.45) is 0 Å². The maximum absolute atomic E-state index is 12.5.